The lowest BCUT2D eigenvalue weighted by atomic mass is 10.0. The Morgan fingerprint density at radius 3 is 2.35 bits per heavy atom. The molecule has 0 aliphatic heterocycles. The lowest BCUT2D eigenvalue weighted by Crippen LogP contribution is -2.01. The lowest BCUT2D eigenvalue weighted by Gasteiger charge is -2.03. The normalized spacial score (nSPS) is 10.9. The van der Waals surface area contributed by atoms with Crippen molar-refractivity contribution < 1.29 is 4.79 Å². The van der Waals surface area contributed by atoms with Gasteiger partial charge in [0.15, 0.2) is 5.78 Å². The summed E-state index contributed by atoms with van der Waals surface area (Å²) in [4.78, 5) is 15.8. The van der Waals surface area contributed by atoms with E-state index in [0.717, 1.165) is 24.5 Å². The number of nitrogens with one attached hydrogen (secondary N) is 1. The number of aromatic amines is 1. The number of benzene rings is 2. The molecule has 0 bridgehead atoms. The Bertz CT molecular complexity index is 806. The zero-order valence-electron chi connectivity index (χ0n) is 10.1. The van der Waals surface area contributed by atoms with Gasteiger partial charge in [0, 0.05) is 21.0 Å². The van der Waals surface area contributed by atoms with Crippen LogP contribution in [0, 0.1) is 0 Å². The smallest absolute Gasteiger partial charge is 0.195 e. The molecule has 1 N–H and O–H groups in total. The van der Waals surface area contributed by atoms with Crippen molar-refractivity contribution in [2.45, 2.75) is 0 Å². The minimum atomic E-state index is 0.00403. The molecule has 0 aliphatic rings. The van der Waals surface area contributed by atoms with Crippen molar-refractivity contribution in [2.75, 3.05) is 0 Å². The van der Waals surface area contributed by atoms with Gasteiger partial charge < -0.3 is 4.98 Å². The molecule has 0 atom stereocenters. The zero-order chi connectivity index (χ0) is 14.3. The van der Waals surface area contributed by atoms with E-state index in [0.29, 0.717) is 11.1 Å². The van der Waals surface area contributed by atoms with Gasteiger partial charge in [-0.3, -0.25) is 4.79 Å². The van der Waals surface area contributed by atoms with Crippen molar-refractivity contribution in [1.29, 1.82) is 0 Å². The third-order valence-electron chi connectivity index (χ3n) is 3.08. The SMILES string of the molecule is O=C(c1ccc(Br)cc1)c1cccc2c(Br)c(Br)[nH]c12. The van der Waals surface area contributed by atoms with Crippen molar-refractivity contribution in [2.24, 2.45) is 0 Å². The summed E-state index contributed by atoms with van der Waals surface area (Å²) in [7, 11) is 0. The van der Waals surface area contributed by atoms with Gasteiger partial charge in [-0.15, -0.1) is 0 Å². The summed E-state index contributed by atoms with van der Waals surface area (Å²) in [5.41, 5.74) is 2.16. The quantitative estimate of drug-likeness (QED) is 0.493. The highest BCUT2D eigenvalue weighted by molar-refractivity contribution is 9.13. The van der Waals surface area contributed by atoms with Crippen LogP contribution in [0.15, 0.2) is 56.0 Å². The minimum absolute atomic E-state index is 0.00403. The fraction of sp³-hybridized carbons (Fsp3) is 0. The summed E-state index contributed by atoms with van der Waals surface area (Å²) in [6.45, 7) is 0. The lowest BCUT2D eigenvalue weighted by molar-refractivity contribution is 0.104. The Balaban J connectivity index is 2.17. The van der Waals surface area contributed by atoms with Crippen LogP contribution in [0.3, 0.4) is 0 Å². The first-order valence-corrected chi connectivity index (χ1v) is 8.22. The molecule has 2 aromatic carbocycles. The van der Waals surface area contributed by atoms with Gasteiger partial charge in [0.2, 0.25) is 0 Å². The standard InChI is InChI=1S/C15H8Br3NO/c16-9-6-4-8(5-7-9)14(20)11-3-1-2-10-12(17)15(18)19-13(10)11/h1-7,19H. The van der Waals surface area contributed by atoms with Crippen LogP contribution in [-0.2, 0) is 0 Å². The van der Waals surface area contributed by atoms with Crippen molar-refractivity contribution in [3.05, 3.63) is 67.1 Å². The Hall–Kier alpha value is -0.910. The number of ketones is 1. The predicted molar refractivity (Wildman–Crippen MR) is 91.3 cm³/mol. The molecule has 0 aliphatic carbocycles. The van der Waals surface area contributed by atoms with E-state index in [1.807, 2.05) is 42.5 Å². The average molecular weight is 458 g/mol. The van der Waals surface area contributed by atoms with E-state index in [2.05, 4.69) is 52.8 Å². The topological polar surface area (TPSA) is 32.9 Å². The number of fused-ring (bicyclic) bond motifs is 1. The molecule has 3 aromatic rings. The van der Waals surface area contributed by atoms with E-state index < -0.39 is 0 Å². The molecule has 3 rings (SSSR count). The minimum Gasteiger partial charge on any atom is -0.348 e. The Labute approximate surface area is 141 Å². The van der Waals surface area contributed by atoms with E-state index >= 15 is 0 Å². The maximum absolute atomic E-state index is 12.6. The highest BCUT2D eigenvalue weighted by Gasteiger charge is 2.16. The number of halogens is 3. The second-order valence-electron chi connectivity index (χ2n) is 4.32. The monoisotopic (exact) mass is 455 g/mol. The van der Waals surface area contributed by atoms with Gasteiger partial charge in [-0.05, 0) is 62.2 Å². The molecular weight excluding hydrogens is 450 g/mol. The molecule has 100 valence electrons. The van der Waals surface area contributed by atoms with Gasteiger partial charge in [0.1, 0.15) is 0 Å². The summed E-state index contributed by atoms with van der Waals surface area (Å²) in [6, 6.07) is 13.1. The van der Waals surface area contributed by atoms with Crippen LogP contribution in [-0.4, -0.2) is 10.8 Å². The van der Waals surface area contributed by atoms with Crippen molar-refractivity contribution in [3.63, 3.8) is 0 Å². The van der Waals surface area contributed by atoms with Crippen LogP contribution >= 0.6 is 47.8 Å². The van der Waals surface area contributed by atoms with E-state index in [4.69, 9.17) is 0 Å². The maximum Gasteiger partial charge on any atom is 0.195 e. The highest BCUT2D eigenvalue weighted by Crippen LogP contribution is 2.33. The predicted octanol–water partition coefficient (Wildman–Crippen LogP) is 5.69. The molecule has 0 saturated carbocycles. The number of carbonyl (C=O) groups excluding carboxylic acids is 1. The second-order valence-corrected chi connectivity index (χ2v) is 6.82. The number of aromatic nitrogens is 1. The van der Waals surface area contributed by atoms with Gasteiger partial charge in [-0.25, -0.2) is 0 Å². The number of hydrogen-bond acceptors (Lipinski definition) is 1. The van der Waals surface area contributed by atoms with Crippen LogP contribution in [0.5, 0.6) is 0 Å². The summed E-state index contributed by atoms with van der Waals surface area (Å²) < 4.78 is 2.72. The molecule has 20 heavy (non-hydrogen) atoms. The highest BCUT2D eigenvalue weighted by atomic mass is 79.9. The molecule has 0 spiro atoms. The first-order valence-electron chi connectivity index (χ1n) is 5.84. The first-order chi connectivity index (χ1) is 9.58. The van der Waals surface area contributed by atoms with Gasteiger partial charge in [-0.1, -0.05) is 28.1 Å². The Morgan fingerprint density at radius 1 is 0.950 bits per heavy atom. The van der Waals surface area contributed by atoms with Crippen molar-refractivity contribution in [3.8, 4) is 0 Å². The molecule has 5 heteroatoms. The summed E-state index contributed by atoms with van der Waals surface area (Å²) >= 11 is 10.3. The molecule has 0 unspecified atom stereocenters. The summed E-state index contributed by atoms with van der Waals surface area (Å²) in [6.07, 6.45) is 0. The number of rotatable bonds is 2. The molecule has 1 heterocycles. The van der Waals surface area contributed by atoms with Crippen molar-refractivity contribution >= 4 is 64.5 Å². The molecule has 0 saturated heterocycles. The van der Waals surface area contributed by atoms with Crippen LogP contribution in [0.25, 0.3) is 10.9 Å². The fourth-order valence-electron chi connectivity index (χ4n) is 2.10. The number of hydrogen-bond donors (Lipinski definition) is 1. The van der Waals surface area contributed by atoms with E-state index in [1.165, 1.54) is 0 Å². The van der Waals surface area contributed by atoms with Gasteiger partial charge in [-0.2, -0.15) is 0 Å². The van der Waals surface area contributed by atoms with E-state index in [9.17, 15) is 4.79 Å². The van der Waals surface area contributed by atoms with E-state index in [-0.39, 0.29) is 5.78 Å². The Kier molecular flexibility index (Phi) is 3.84. The molecule has 1 aromatic heterocycles. The largest absolute Gasteiger partial charge is 0.348 e. The number of para-hydroxylation sites is 1. The number of carbonyl (C=O) groups is 1. The molecule has 0 fully saturated rings. The third kappa shape index (κ3) is 2.38. The summed E-state index contributed by atoms with van der Waals surface area (Å²) in [5.74, 6) is 0.00403. The van der Waals surface area contributed by atoms with Crippen LogP contribution in [0.2, 0.25) is 0 Å². The molecular formula is C15H8Br3NO. The Morgan fingerprint density at radius 2 is 1.65 bits per heavy atom. The van der Waals surface area contributed by atoms with Crippen molar-refractivity contribution in [1.82, 2.24) is 4.98 Å². The zero-order valence-corrected chi connectivity index (χ0v) is 14.8. The van der Waals surface area contributed by atoms with Crippen LogP contribution in [0.4, 0.5) is 0 Å². The average Bonchev–Trinajstić information content (AvgIpc) is 2.74. The van der Waals surface area contributed by atoms with E-state index in [1.54, 1.807) is 0 Å². The fourth-order valence-corrected chi connectivity index (χ4v) is 3.20. The molecule has 0 radical (unpaired) electrons. The van der Waals surface area contributed by atoms with Gasteiger partial charge in [0.25, 0.3) is 0 Å². The van der Waals surface area contributed by atoms with Gasteiger partial charge in [0.05, 0.1) is 14.6 Å². The van der Waals surface area contributed by atoms with Crippen LogP contribution in [0.1, 0.15) is 15.9 Å². The van der Waals surface area contributed by atoms with Crippen LogP contribution < -0.4 is 0 Å². The maximum atomic E-state index is 12.6. The molecule has 0 amide bonds. The third-order valence-corrected chi connectivity index (χ3v) is 5.56. The number of H-pyrrole nitrogens is 1. The summed E-state index contributed by atoms with van der Waals surface area (Å²) in [5, 5.41) is 0.986. The van der Waals surface area contributed by atoms with Gasteiger partial charge >= 0.3 is 0 Å². The second kappa shape index (κ2) is 5.47. The molecule has 2 nitrogen and oxygen atoms in total. The first kappa shape index (κ1) is 14.0.